The second-order valence-corrected chi connectivity index (χ2v) is 4.31. The molecule has 0 aromatic carbocycles. The highest BCUT2D eigenvalue weighted by molar-refractivity contribution is 5.71. The smallest absolute Gasteiger partial charge is 0.309 e. The van der Waals surface area contributed by atoms with Gasteiger partial charge in [-0.25, -0.2) is 0 Å². The van der Waals surface area contributed by atoms with Crippen molar-refractivity contribution in [2.45, 2.75) is 47.1 Å². The fourth-order valence-electron chi connectivity index (χ4n) is 0.954. The lowest BCUT2D eigenvalue weighted by Crippen LogP contribution is -2.33. The van der Waals surface area contributed by atoms with E-state index in [0.717, 1.165) is 0 Å². The summed E-state index contributed by atoms with van der Waals surface area (Å²) in [5.41, 5.74) is -0.481. The summed E-state index contributed by atoms with van der Waals surface area (Å²) in [4.78, 5) is 22.3. The van der Waals surface area contributed by atoms with Crippen molar-refractivity contribution in [1.29, 1.82) is 0 Å². The molecule has 2 atom stereocenters. The van der Waals surface area contributed by atoms with Crippen LogP contribution in [0.25, 0.3) is 0 Å². The molecule has 0 bridgehead atoms. The molecule has 15 heavy (non-hydrogen) atoms. The fraction of sp³-hybridized carbons (Fsp3) is 0.818. The molecule has 0 unspecified atom stereocenters. The molecule has 0 N–H and O–H groups in total. The number of ether oxygens (including phenoxy) is 2. The molecule has 0 aliphatic carbocycles. The van der Waals surface area contributed by atoms with Crippen LogP contribution in [0.15, 0.2) is 0 Å². The molecule has 0 aliphatic rings. The van der Waals surface area contributed by atoms with Crippen LogP contribution in [0.4, 0.5) is 0 Å². The van der Waals surface area contributed by atoms with E-state index in [4.69, 9.17) is 10.8 Å². The molecule has 0 aromatic heterocycles. The van der Waals surface area contributed by atoms with Gasteiger partial charge < -0.3 is 9.47 Å². The van der Waals surface area contributed by atoms with Gasteiger partial charge in [0.15, 0.2) is 0 Å². The second kappa shape index (κ2) is 5.73. The third-order valence-corrected chi connectivity index (χ3v) is 1.72. The summed E-state index contributed by atoms with van der Waals surface area (Å²) in [6.45, 7) is 8.56. The SMILES string of the molecule is [2H][C@H](C(=O)OCC)[C@@H](OC(C)=O)C(C)(C)C. The minimum atomic E-state index is -1.20. The van der Waals surface area contributed by atoms with Crippen molar-refractivity contribution in [2.24, 2.45) is 5.41 Å². The van der Waals surface area contributed by atoms with Crippen LogP contribution in [0.3, 0.4) is 0 Å². The molecule has 0 aromatic rings. The number of rotatable bonds is 4. The highest BCUT2D eigenvalue weighted by atomic mass is 16.6. The zero-order valence-corrected chi connectivity index (χ0v) is 9.99. The lowest BCUT2D eigenvalue weighted by Gasteiger charge is -2.29. The third-order valence-electron chi connectivity index (χ3n) is 1.72. The summed E-state index contributed by atoms with van der Waals surface area (Å²) < 4.78 is 17.5. The van der Waals surface area contributed by atoms with E-state index in [1.165, 1.54) is 6.92 Å². The maximum atomic E-state index is 11.4. The number of hydrogen-bond donors (Lipinski definition) is 0. The average Bonchev–Trinajstić information content (AvgIpc) is 2.11. The molecule has 0 amide bonds. The van der Waals surface area contributed by atoms with Gasteiger partial charge in [-0.05, 0) is 12.3 Å². The summed E-state index contributed by atoms with van der Waals surface area (Å²) >= 11 is 0. The van der Waals surface area contributed by atoms with Crippen LogP contribution in [0.1, 0.15) is 42.4 Å². The van der Waals surface area contributed by atoms with E-state index >= 15 is 0 Å². The van der Waals surface area contributed by atoms with Crippen LogP contribution in [-0.4, -0.2) is 24.6 Å². The minimum absolute atomic E-state index is 0.213. The molecule has 0 spiro atoms. The highest BCUT2D eigenvalue weighted by Crippen LogP contribution is 2.25. The largest absolute Gasteiger partial charge is 0.466 e. The Kier molecular flexibility index (Phi) is 4.59. The second-order valence-electron chi connectivity index (χ2n) is 4.31. The van der Waals surface area contributed by atoms with E-state index in [9.17, 15) is 9.59 Å². The van der Waals surface area contributed by atoms with Gasteiger partial charge in [-0.15, -0.1) is 0 Å². The van der Waals surface area contributed by atoms with Crippen molar-refractivity contribution in [1.82, 2.24) is 0 Å². The molecular weight excluding hydrogens is 196 g/mol. The van der Waals surface area contributed by atoms with Crippen LogP contribution < -0.4 is 0 Å². The van der Waals surface area contributed by atoms with E-state index in [-0.39, 0.29) is 6.61 Å². The van der Waals surface area contributed by atoms with E-state index in [1.54, 1.807) is 27.7 Å². The summed E-state index contributed by atoms with van der Waals surface area (Å²) in [7, 11) is 0. The Labute approximate surface area is 92.3 Å². The molecule has 0 saturated heterocycles. The lowest BCUT2D eigenvalue weighted by atomic mass is 9.87. The van der Waals surface area contributed by atoms with Gasteiger partial charge in [0.1, 0.15) is 6.10 Å². The molecule has 0 heterocycles. The van der Waals surface area contributed by atoms with Crippen LogP contribution in [-0.2, 0) is 19.1 Å². The van der Waals surface area contributed by atoms with Crippen molar-refractivity contribution in [3.8, 4) is 0 Å². The molecule has 0 aliphatic heterocycles. The molecule has 0 rings (SSSR count). The summed E-state index contributed by atoms with van der Waals surface area (Å²) in [6.07, 6.45) is -2.01. The van der Waals surface area contributed by atoms with Gasteiger partial charge in [0.2, 0.25) is 0 Å². The van der Waals surface area contributed by atoms with Gasteiger partial charge in [0, 0.05) is 8.29 Å². The molecule has 88 valence electrons. The van der Waals surface area contributed by atoms with Crippen LogP contribution in [0.5, 0.6) is 0 Å². The number of esters is 2. The minimum Gasteiger partial charge on any atom is -0.466 e. The van der Waals surface area contributed by atoms with Crippen molar-refractivity contribution in [3.63, 3.8) is 0 Å². The normalized spacial score (nSPS) is 16.2. The van der Waals surface area contributed by atoms with Crippen molar-refractivity contribution in [2.75, 3.05) is 6.61 Å². The molecular formula is C11H20O4. The van der Waals surface area contributed by atoms with Crippen LogP contribution in [0, 0.1) is 5.41 Å². The number of carbonyl (C=O) groups is 2. The van der Waals surface area contributed by atoms with E-state index < -0.39 is 29.9 Å². The summed E-state index contributed by atoms with van der Waals surface area (Å²) in [5, 5.41) is 0. The molecule has 4 nitrogen and oxygen atoms in total. The standard InChI is InChI=1S/C11H20O4/c1-6-14-10(13)7-9(11(3,4)5)15-8(2)12/h9H,6-7H2,1-5H3/t9-/m1/s1/i7D/t7-,9+/m0. The van der Waals surface area contributed by atoms with Crippen molar-refractivity contribution >= 4 is 11.9 Å². The Morgan fingerprint density at radius 1 is 1.40 bits per heavy atom. The average molecular weight is 217 g/mol. The van der Waals surface area contributed by atoms with Gasteiger partial charge in [0.05, 0.1) is 13.0 Å². The Morgan fingerprint density at radius 2 is 1.93 bits per heavy atom. The highest BCUT2D eigenvalue weighted by Gasteiger charge is 2.30. The molecule has 4 heteroatoms. The Hall–Kier alpha value is -1.06. The first-order chi connectivity index (χ1) is 7.20. The maximum absolute atomic E-state index is 11.4. The first kappa shape index (κ1) is 12.0. The van der Waals surface area contributed by atoms with E-state index in [1.807, 2.05) is 0 Å². The quantitative estimate of drug-likeness (QED) is 0.675. The summed E-state index contributed by atoms with van der Waals surface area (Å²) in [5.74, 6) is -1.16. The fourth-order valence-corrected chi connectivity index (χ4v) is 0.954. The predicted molar refractivity (Wildman–Crippen MR) is 56.3 cm³/mol. The zero-order valence-electron chi connectivity index (χ0n) is 11.0. The van der Waals surface area contributed by atoms with E-state index in [2.05, 4.69) is 0 Å². The molecule has 0 fully saturated rings. The van der Waals surface area contributed by atoms with Gasteiger partial charge in [-0.3, -0.25) is 9.59 Å². The predicted octanol–water partition coefficient (Wildman–Crippen LogP) is 1.92. The number of carbonyl (C=O) groups excluding carboxylic acids is 2. The summed E-state index contributed by atoms with van der Waals surface area (Å²) in [6, 6.07) is 0. The maximum Gasteiger partial charge on any atom is 0.309 e. The number of hydrogen-bond acceptors (Lipinski definition) is 4. The topological polar surface area (TPSA) is 52.6 Å². The first-order valence-electron chi connectivity index (χ1n) is 5.54. The van der Waals surface area contributed by atoms with Crippen LogP contribution in [0.2, 0.25) is 0 Å². The van der Waals surface area contributed by atoms with Gasteiger partial charge in [-0.2, -0.15) is 0 Å². The molecule has 0 radical (unpaired) electrons. The van der Waals surface area contributed by atoms with Crippen molar-refractivity contribution < 1.29 is 20.4 Å². The Balaban J connectivity index is 4.75. The van der Waals surface area contributed by atoms with Crippen molar-refractivity contribution in [3.05, 3.63) is 0 Å². The zero-order chi connectivity index (χ0) is 12.9. The van der Waals surface area contributed by atoms with E-state index in [0.29, 0.717) is 0 Å². The molecule has 0 saturated carbocycles. The van der Waals surface area contributed by atoms with Gasteiger partial charge >= 0.3 is 11.9 Å². The Morgan fingerprint density at radius 3 is 2.27 bits per heavy atom. The van der Waals surface area contributed by atoms with Gasteiger partial charge in [0.25, 0.3) is 0 Å². The lowest BCUT2D eigenvalue weighted by molar-refractivity contribution is -0.159. The Bertz CT molecular complexity index is 257. The third kappa shape index (κ3) is 6.10. The first-order valence-corrected chi connectivity index (χ1v) is 4.96. The van der Waals surface area contributed by atoms with Crippen LogP contribution >= 0.6 is 0 Å². The monoisotopic (exact) mass is 217 g/mol. The van der Waals surface area contributed by atoms with Gasteiger partial charge in [-0.1, -0.05) is 20.8 Å².